The van der Waals surface area contributed by atoms with Gasteiger partial charge < -0.3 is 9.97 Å². The second-order valence-electron chi connectivity index (χ2n) is 11.2. The second kappa shape index (κ2) is 11.3. The highest BCUT2D eigenvalue weighted by molar-refractivity contribution is 5.98. The van der Waals surface area contributed by atoms with Gasteiger partial charge in [0.05, 0.1) is 38.8 Å². The Labute approximate surface area is 269 Å². The topological polar surface area (TPSA) is 100 Å². The quantitative estimate of drug-likeness (QED) is 0.118. The average molecular weight is 608 g/mol. The van der Waals surface area contributed by atoms with Gasteiger partial charge in [-0.3, -0.25) is 10.1 Å². The Hall–Kier alpha value is -6.78. The summed E-state index contributed by atoms with van der Waals surface area (Å²) in [6.45, 7) is 0. The predicted molar refractivity (Wildman–Crippen MR) is 190 cm³/mol. The minimum atomic E-state index is -0.393. The van der Waals surface area contributed by atoms with Crippen LogP contribution in [0.2, 0.25) is 0 Å². The van der Waals surface area contributed by atoms with Gasteiger partial charge in [-0.15, -0.1) is 6.42 Å². The number of hydrogen-bond donors (Lipinski definition) is 2. The number of nitro benzene ring substituents is 1. The van der Waals surface area contributed by atoms with Crippen molar-refractivity contribution in [1.82, 2.24) is 19.9 Å². The van der Waals surface area contributed by atoms with Gasteiger partial charge in [-0.1, -0.05) is 66.6 Å². The number of nitro groups is 1. The molecule has 3 aromatic carbocycles. The van der Waals surface area contributed by atoms with Gasteiger partial charge in [-0.25, -0.2) is 9.97 Å². The summed E-state index contributed by atoms with van der Waals surface area (Å²) in [6, 6.07) is 34.8. The number of benzene rings is 3. The van der Waals surface area contributed by atoms with E-state index in [2.05, 4.69) is 40.2 Å². The van der Waals surface area contributed by atoms with Crippen molar-refractivity contribution in [2.45, 2.75) is 0 Å². The number of aromatic amines is 2. The minimum absolute atomic E-state index is 0.0223. The Morgan fingerprint density at radius 2 is 0.936 bits per heavy atom. The number of aromatic nitrogens is 4. The Morgan fingerprint density at radius 1 is 0.532 bits per heavy atom. The molecule has 0 radical (unpaired) electrons. The molecule has 0 fully saturated rings. The molecule has 47 heavy (non-hydrogen) atoms. The van der Waals surface area contributed by atoms with Crippen LogP contribution in [0.5, 0.6) is 0 Å². The van der Waals surface area contributed by atoms with Crippen LogP contribution in [0.1, 0.15) is 28.3 Å². The van der Waals surface area contributed by atoms with Crippen molar-refractivity contribution in [1.29, 1.82) is 0 Å². The van der Waals surface area contributed by atoms with E-state index in [1.165, 1.54) is 12.1 Å². The smallest absolute Gasteiger partial charge is 0.269 e. The van der Waals surface area contributed by atoms with Crippen LogP contribution in [-0.4, -0.2) is 24.9 Å². The molecule has 222 valence electrons. The van der Waals surface area contributed by atoms with E-state index in [9.17, 15) is 10.1 Å². The molecule has 2 N–H and O–H groups in total. The molecular formula is C40H25N5O2. The molecule has 3 aromatic heterocycles. The van der Waals surface area contributed by atoms with Gasteiger partial charge in [-0.05, 0) is 77.4 Å². The maximum absolute atomic E-state index is 11.5. The molecule has 0 amide bonds. The third kappa shape index (κ3) is 4.91. The molecule has 8 rings (SSSR count). The summed E-state index contributed by atoms with van der Waals surface area (Å²) in [5.74, 6) is 2.88. The highest BCUT2D eigenvalue weighted by Gasteiger charge is 2.18. The van der Waals surface area contributed by atoms with Gasteiger partial charge in [-0.2, -0.15) is 0 Å². The number of hydrogen-bond acceptors (Lipinski definition) is 4. The van der Waals surface area contributed by atoms with E-state index in [1.54, 1.807) is 12.1 Å². The molecule has 7 heteroatoms. The lowest BCUT2D eigenvalue weighted by Crippen LogP contribution is -1.90. The molecule has 7 nitrogen and oxygen atoms in total. The number of H-pyrrole nitrogens is 2. The maximum atomic E-state index is 11.5. The first kappa shape index (κ1) is 27.7. The number of terminal acetylenes is 1. The van der Waals surface area contributed by atoms with Crippen molar-refractivity contribution < 1.29 is 4.92 Å². The average Bonchev–Trinajstić information content (AvgIpc) is 3.93. The van der Waals surface area contributed by atoms with E-state index in [0.717, 1.165) is 72.5 Å². The lowest BCUT2D eigenvalue weighted by molar-refractivity contribution is -0.384. The largest absolute Gasteiger partial charge is 0.354 e. The molecule has 5 heterocycles. The van der Waals surface area contributed by atoms with Gasteiger partial charge in [0, 0.05) is 45.4 Å². The second-order valence-corrected chi connectivity index (χ2v) is 11.2. The number of non-ortho nitro benzene ring substituents is 1. The molecule has 0 saturated carbocycles. The molecule has 0 saturated heterocycles. The summed E-state index contributed by atoms with van der Waals surface area (Å²) in [7, 11) is 0. The van der Waals surface area contributed by atoms with E-state index in [-0.39, 0.29) is 5.69 Å². The third-order valence-corrected chi connectivity index (χ3v) is 8.39. The first-order valence-corrected chi connectivity index (χ1v) is 15.1. The fraction of sp³-hybridized carbons (Fsp3) is 0. The highest BCUT2D eigenvalue weighted by Crippen LogP contribution is 2.37. The summed E-state index contributed by atoms with van der Waals surface area (Å²) in [5.41, 5.74) is 12.4. The lowest BCUT2D eigenvalue weighted by atomic mass is 10.0. The van der Waals surface area contributed by atoms with Crippen molar-refractivity contribution in [2.24, 2.45) is 0 Å². The van der Waals surface area contributed by atoms with Gasteiger partial charge in [0.2, 0.25) is 0 Å². The van der Waals surface area contributed by atoms with Crippen LogP contribution in [0.3, 0.4) is 0 Å². The molecule has 0 unspecified atom stereocenters. The van der Waals surface area contributed by atoms with Crippen LogP contribution in [0.25, 0.3) is 79.8 Å². The summed E-state index contributed by atoms with van der Waals surface area (Å²) >= 11 is 0. The maximum Gasteiger partial charge on any atom is 0.269 e. The van der Waals surface area contributed by atoms with E-state index < -0.39 is 4.92 Å². The first-order chi connectivity index (χ1) is 23.1. The van der Waals surface area contributed by atoms with Crippen molar-refractivity contribution in [2.75, 3.05) is 0 Å². The summed E-state index contributed by atoms with van der Waals surface area (Å²) in [5, 5.41) is 11.5. The normalized spacial score (nSPS) is 11.8. The summed E-state index contributed by atoms with van der Waals surface area (Å²) in [4.78, 5) is 28.6. The Bertz CT molecular complexity index is 2440. The van der Waals surface area contributed by atoms with E-state index in [1.807, 2.05) is 85.0 Å². The summed E-state index contributed by atoms with van der Waals surface area (Å²) < 4.78 is 0. The van der Waals surface area contributed by atoms with Crippen molar-refractivity contribution in [3.05, 3.63) is 148 Å². The van der Waals surface area contributed by atoms with Crippen LogP contribution in [0, 0.1) is 22.5 Å². The molecule has 6 aromatic rings. The van der Waals surface area contributed by atoms with Gasteiger partial charge in [0.25, 0.3) is 5.69 Å². The van der Waals surface area contributed by atoms with Crippen molar-refractivity contribution >= 4 is 52.1 Å². The Balaban J connectivity index is 1.55. The van der Waals surface area contributed by atoms with Crippen LogP contribution in [0.4, 0.5) is 5.69 Å². The van der Waals surface area contributed by atoms with Gasteiger partial charge >= 0.3 is 0 Å². The lowest BCUT2D eigenvalue weighted by Gasteiger charge is -2.06. The minimum Gasteiger partial charge on any atom is -0.354 e. The van der Waals surface area contributed by atoms with Crippen LogP contribution >= 0.6 is 0 Å². The van der Waals surface area contributed by atoms with Crippen molar-refractivity contribution in [3.8, 4) is 45.7 Å². The molecule has 8 bridgehead atoms. The molecular weight excluding hydrogens is 582 g/mol. The molecule has 0 atom stereocenters. The van der Waals surface area contributed by atoms with Crippen LogP contribution < -0.4 is 0 Å². The van der Waals surface area contributed by atoms with E-state index in [0.29, 0.717) is 11.3 Å². The molecule has 0 aliphatic carbocycles. The third-order valence-electron chi connectivity index (χ3n) is 8.39. The number of nitrogens with one attached hydrogen (secondary N) is 2. The number of fused-ring (bicyclic) bond motifs is 8. The number of nitrogens with zero attached hydrogens (tertiary/aromatic N) is 3. The standard InChI is InChI=1S/C40H25N5O2/c1-2-29-30-17-19-32(41-30)38(25-9-5-3-6-10-25)34-21-23-36(43-34)40(27-13-15-28(16-14-27)45(46)47)37-24-22-35(44-37)39(26-11-7-4-8-12-26)33-20-18-31(29)42-33/h1,3-24,41,44H. The SMILES string of the molecule is C#Cc1c2nc(c(-c3ccccc3)c3ccc([nH]3)c(-c3ccc([N+](=O)[O-])cc3)c3nc(c(-c4ccccc4)c4ccc1[nH]4)C=C3)C=C2. The van der Waals surface area contributed by atoms with Gasteiger partial charge in [0.1, 0.15) is 0 Å². The zero-order chi connectivity index (χ0) is 31.9. The fourth-order valence-electron chi connectivity index (χ4n) is 6.23. The fourth-order valence-corrected chi connectivity index (χ4v) is 6.23. The Kier molecular flexibility index (Phi) is 6.67. The number of rotatable bonds is 4. The van der Waals surface area contributed by atoms with Crippen LogP contribution in [0.15, 0.2) is 109 Å². The Morgan fingerprint density at radius 3 is 1.40 bits per heavy atom. The summed E-state index contributed by atoms with van der Waals surface area (Å²) in [6.07, 6.45) is 14.1. The zero-order valence-corrected chi connectivity index (χ0v) is 24.9. The molecule has 2 aliphatic heterocycles. The highest BCUT2D eigenvalue weighted by atomic mass is 16.6. The molecule has 2 aliphatic rings. The van der Waals surface area contributed by atoms with Crippen molar-refractivity contribution in [3.63, 3.8) is 0 Å². The monoisotopic (exact) mass is 607 g/mol. The molecule has 0 spiro atoms. The van der Waals surface area contributed by atoms with Gasteiger partial charge in [0.15, 0.2) is 0 Å². The van der Waals surface area contributed by atoms with E-state index in [4.69, 9.17) is 16.4 Å². The first-order valence-electron chi connectivity index (χ1n) is 15.1. The van der Waals surface area contributed by atoms with E-state index >= 15 is 0 Å². The zero-order valence-electron chi connectivity index (χ0n) is 24.9. The van der Waals surface area contributed by atoms with Crippen LogP contribution in [-0.2, 0) is 0 Å². The predicted octanol–water partition coefficient (Wildman–Crippen LogP) is 9.55.